The monoisotopic (exact) mass is 265 g/mol. The number of aromatic nitrogens is 1. The van der Waals surface area contributed by atoms with Gasteiger partial charge in [-0.2, -0.15) is 0 Å². The molecule has 0 bridgehead atoms. The Balaban J connectivity index is 3.03. The van der Waals surface area contributed by atoms with Crippen LogP contribution in [0.4, 0.5) is 5.82 Å². The van der Waals surface area contributed by atoms with Crippen molar-refractivity contribution in [1.82, 2.24) is 4.98 Å². The van der Waals surface area contributed by atoms with E-state index in [1.807, 2.05) is 20.8 Å². The molecule has 0 radical (unpaired) electrons. The molecule has 19 heavy (non-hydrogen) atoms. The molecule has 0 aliphatic rings. The van der Waals surface area contributed by atoms with Crippen LogP contribution in [0.1, 0.15) is 37.6 Å². The van der Waals surface area contributed by atoms with Gasteiger partial charge < -0.3 is 16.2 Å². The summed E-state index contributed by atoms with van der Waals surface area (Å²) in [5.41, 5.74) is 5.22. The number of nitrogens with two attached hydrogens (primary N) is 1. The Kier molecular flexibility index (Phi) is 4.47. The summed E-state index contributed by atoms with van der Waals surface area (Å²) in [7, 11) is 0. The average molecular weight is 265 g/mol. The van der Waals surface area contributed by atoms with Crippen LogP contribution in [0.2, 0.25) is 0 Å². The number of primary amides is 1. The van der Waals surface area contributed by atoms with E-state index in [1.165, 1.54) is 6.20 Å². The fraction of sp³-hybridized carbons (Fsp3) is 0.462. The highest BCUT2D eigenvalue weighted by Crippen LogP contribution is 2.26. The number of hydrogen-bond donors (Lipinski definition) is 3. The Bertz CT molecular complexity index is 480. The number of carboxylic acid groups (broad SMARTS) is 1. The van der Waals surface area contributed by atoms with Crippen molar-refractivity contribution in [3.8, 4) is 0 Å². The van der Waals surface area contributed by atoms with E-state index in [0.29, 0.717) is 5.82 Å². The second-order valence-electron chi connectivity index (χ2n) is 5.42. The van der Waals surface area contributed by atoms with Gasteiger partial charge in [-0.15, -0.1) is 0 Å². The van der Waals surface area contributed by atoms with Crippen molar-refractivity contribution in [2.45, 2.75) is 33.2 Å². The van der Waals surface area contributed by atoms with Crippen molar-refractivity contribution >= 4 is 17.7 Å². The number of carbonyl (C=O) groups is 2. The molecule has 0 aliphatic heterocycles. The van der Waals surface area contributed by atoms with Crippen molar-refractivity contribution < 1.29 is 14.7 Å². The van der Waals surface area contributed by atoms with Gasteiger partial charge in [0, 0.05) is 12.2 Å². The Morgan fingerprint density at radius 3 is 2.58 bits per heavy atom. The van der Waals surface area contributed by atoms with E-state index in [2.05, 4.69) is 10.3 Å². The first-order valence-corrected chi connectivity index (χ1v) is 5.95. The van der Waals surface area contributed by atoms with Crippen LogP contribution in [0.3, 0.4) is 0 Å². The molecule has 1 rings (SSSR count). The number of rotatable bonds is 5. The lowest BCUT2D eigenvalue weighted by molar-refractivity contribution is -0.137. The number of pyridine rings is 1. The van der Waals surface area contributed by atoms with E-state index < -0.39 is 11.9 Å². The number of carbonyl (C=O) groups excluding carboxylic acids is 1. The number of amides is 1. The summed E-state index contributed by atoms with van der Waals surface area (Å²) in [6.45, 7) is 5.75. The van der Waals surface area contributed by atoms with Crippen LogP contribution >= 0.6 is 0 Å². The lowest BCUT2D eigenvalue weighted by atomic mass is 9.84. The molecule has 1 aromatic heterocycles. The summed E-state index contributed by atoms with van der Waals surface area (Å²) < 4.78 is 0. The number of carboxylic acids is 1. The van der Waals surface area contributed by atoms with E-state index in [4.69, 9.17) is 10.8 Å². The third kappa shape index (κ3) is 4.24. The van der Waals surface area contributed by atoms with Gasteiger partial charge in [-0.25, -0.2) is 4.98 Å². The highest BCUT2D eigenvalue weighted by Gasteiger charge is 2.28. The lowest BCUT2D eigenvalue weighted by Crippen LogP contribution is -2.37. The van der Waals surface area contributed by atoms with E-state index >= 15 is 0 Å². The molecule has 104 valence electrons. The van der Waals surface area contributed by atoms with Crippen LogP contribution in [0, 0.1) is 5.41 Å². The molecule has 1 heterocycles. The fourth-order valence-electron chi connectivity index (χ4n) is 1.63. The Morgan fingerprint density at radius 1 is 1.47 bits per heavy atom. The maximum Gasteiger partial charge on any atom is 0.305 e. The van der Waals surface area contributed by atoms with Crippen molar-refractivity contribution in [1.29, 1.82) is 0 Å². The first kappa shape index (κ1) is 14.9. The molecule has 1 atom stereocenters. The highest BCUT2D eigenvalue weighted by molar-refractivity contribution is 5.97. The van der Waals surface area contributed by atoms with E-state index in [9.17, 15) is 9.59 Å². The van der Waals surface area contributed by atoms with Crippen LogP contribution in [0.25, 0.3) is 0 Å². The van der Waals surface area contributed by atoms with Crippen LogP contribution in [0.5, 0.6) is 0 Å². The van der Waals surface area contributed by atoms with Crippen molar-refractivity contribution in [3.63, 3.8) is 0 Å². The standard InChI is InChI=1S/C13H19N3O3/c1-13(2,3)9(7-10(17)18)16-12-8(11(14)19)5-4-6-15-12/h4-6,9H,7H2,1-3H3,(H2,14,19)(H,15,16)(H,17,18). The van der Waals surface area contributed by atoms with Gasteiger partial charge in [0.05, 0.1) is 12.0 Å². The zero-order valence-electron chi connectivity index (χ0n) is 11.3. The number of hydrogen-bond acceptors (Lipinski definition) is 4. The quantitative estimate of drug-likeness (QED) is 0.747. The smallest absolute Gasteiger partial charge is 0.305 e. The van der Waals surface area contributed by atoms with E-state index in [1.54, 1.807) is 12.1 Å². The average Bonchev–Trinajstić information content (AvgIpc) is 2.26. The number of nitrogens with one attached hydrogen (secondary N) is 1. The van der Waals surface area contributed by atoms with Crippen LogP contribution in [-0.4, -0.2) is 28.0 Å². The maximum absolute atomic E-state index is 11.3. The molecule has 0 aliphatic carbocycles. The Hall–Kier alpha value is -2.11. The van der Waals surface area contributed by atoms with Crippen molar-refractivity contribution in [2.75, 3.05) is 5.32 Å². The molecule has 1 aromatic rings. The first-order valence-electron chi connectivity index (χ1n) is 5.95. The third-order valence-electron chi connectivity index (χ3n) is 2.81. The molecule has 6 heteroatoms. The topological polar surface area (TPSA) is 105 Å². The lowest BCUT2D eigenvalue weighted by Gasteiger charge is -2.31. The van der Waals surface area contributed by atoms with Gasteiger partial charge in [0.1, 0.15) is 5.82 Å². The molecule has 1 unspecified atom stereocenters. The van der Waals surface area contributed by atoms with Gasteiger partial charge in [0.25, 0.3) is 5.91 Å². The van der Waals surface area contributed by atoms with Gasteiger partial charge in [-0.05, 0) is 17.5 Å². The molecule has 0 saturated heterocycles. The minimum absolute atomic E-state index is 0.0712. The Morgan fingerprint density at radius 2 is 2.11 bits per heavy atom. The van der Waals surface area contributed by atoms with Crippen LogP contribution in [-0.2, 0) is 4.79 Å². The van der Waals surface area contributed by atoms with Crippen molar-refractivity contribution in [3.05, 3.63) is 23.9 Å². The van der Waals surface area contributed by atoms with Crippen molar-refractivity contribution in [2.24, 2.45) is 11.1 Å². The molecule has 0 aromatic carbocycles. The third-order valence-corrected chi connectivity index (χ3v) is 2.81. The zero-order chi connectivity index (χ0) is 14.6. The summed E-state index contributed by atoms with van der Waals surface area (Å²) in [6, 6.07) is 2.80. The molecule has 0 fully saturated rings. The predicted octanol–water partition coefficient (Wildman–Crippen LogP) is 1.48. The first-order chi connectivity index (χ1) is 8.71. The normalized spacial score (nSPS) is 12.8. The second-order valence-corrected chi connectivity index (χ2v) is 5.42. The highest BCUT2D eigenvalue weighted by atomic mass is 16.4. The molecule has 1 amide bonds. The van der Waals surface area contributed by atoms with Gasteiger partial charge >= 0.3 is 5.97 Å². The summed E-state index contributed by atoms with van der Waals surface area (Å²) in [6.07, 6.45) is 1.45. The SMILES string of the molecule is CC(C)(C)C(CC(=O)O)Nc1ncccc1C(N)=O. The second kappa shape index (κ2) is 5.69. The Labute approximate surface area is 112 Å². The van der Waals surface area contributed by atoms with E-state index in [-0.39, 0.29) is 23.4 Å². The molecular formula is C13H19N3O3. The fourth-order valence-corrected chi connectivity index (χ4v) is 1.63. The summed E-state index contributed by atoms with van der Waals surface area (Å²) in [5.74, 6) is -1.20. The maximum atomic E-state index is 11.3. The minimum Gasteiger partial charge on any atom is -0.481 e. The van der Waals surface area contributed by atoms with Gasteiger partial charge in [0.15, 0.2) is 0 Å². The molecule has 6 nitrogen and oxygen atoms in total. The van der Waals surface area contributed by atoms with Crippen LogP contribution in [0.15, 0.2) is 18.3 Å². The summed E-state index contributed by atoms with van der Waals surface area (Å²) >= 11 is 0. The largest absolute Gasteiger partial charge is 0.481 e. The summed E-state index contributed by atoms with van der Waals surface area (Å²) in [4.78, 5) is 26.3. The predicted molar refractivity (Wildman–Crippen MR) is 71.9 cm³/mol. The number of anilines is 1. The summed E-state index contributed by atoms with van der Waals surface area (Å²) in [5, 5.41) is 12.0. The van der Waals surface area contributed by atoms with Gasteiger partial charge in [-0.3, -0.25) is 9.59 Å². The van der Waals surface area contributed by atoms with Gasteiger partial charge in [0.2, 0.25) is 0 Å². The molecule has 0 saturated carbocycles. The minimum atomic E-state index is -0.913. The van der Waals surface area contributed by atoms with Gasteiger partial charge in [-0.1, -0.05) is 20.8 Å². The van der Waals surface area contributed by atoms with E-state index in [0.717, 1.165) is 0 Å². The molecule has 0 spiro atoms. The number of aliphatic carboxylic acids is 1. The molecular weight excluding hydrogens is 246 g/mol. The number of nitrogens with zero attached hydrogens (tertiary/aromatic N) is 1. The van der Waals surface area contributed by atoms with Crippen LogP contribution < -0.4 is 11.1 Å². The molecule has 4 N–H and O–H groups in total. The zero-order valence-corrected chi connectivity index (χ0v) is 11.3.